The number of hydrogen-bond acceptors (Lipinski definition) is 1. The zero-order valence-electron chi connectivity index (χ0n) is 7.17. The third-order valence-electron chi connectivity index (χ3n) is 1.48. The summed E-state index contributed by atoms with van der Waals surface area (Å²) in [6, 6.07) is 0. The number of aliphatic imine (C=N–C) groups is 1. The molecule has 1 aliphatic rings. The van der Waals surface area contributed by atoms with Crippen molar-refractivity contribution >= 4 is 6.21 Å². The van der Waals surface area contributed by atoms with Gasteiger partial charge in [-0.1, -0.05) is 26.8 Å². The van der Waals surface area contributed by atoms with E-state index in [1.54, 1.807) is 0 Å². The Morgan fingerprint density at radius 1 is 1.50 bits per heavy atom. The lowest BCUT2D eigenvalue weighted by molar-refractivity contribution is 0.653. The molecule has 0 N–H and O–H groups in total. The largest absolute Gasteiger partial charge is 0.269 e. The Labute approximate surface area is 63.9 Å². The summed E-state index contributed by atoms with van der Waals surface area (Å²) in [6.07, 6.45) is 8.40. The van der Waals surface area contributed by atoms with Gasteiger partial charge in [0.2, 0.25) is 0 Å². The van der Waals surface area contributed by atoms with Crippen molar-refractivity contribution < 1.29 is 0 Å². The minimum atomic E-state index is 0.757. The highest BCUT2D eigenvalue weighted by Gasteiger charge is 2.00. The Kier molecular flexibility index (Phi) is 6.14. The molecule has 0 aliphatic carbocycles. The number of rotatable bonds is 1. The highest BCUT2D eigenvalue weighted by atomic mass is 14.7. The van der Waals surface area contributed by atoms with E-state index >= 15 is 0 Å². The minimum absolute atomic E-state index is 0.757. The predicted molar refractivity (Wildman–Crippen MR) is 47.4 cm³/mol. The van der Waals surface area contributed by atoms with Crippen LogP contribution in [0.15, 0.2) is 17.3 Å². The van der Waals surface area contributed by atoms with Crippen molar-refractivity contribution in [2.45, 2.75) is 33.6 Å². The average Bonchev–Trinajstić information content (AvgIpc) is 2.10. The lowest BCUT2D eigenvalue weighted by Gasteiger charge is -2.06. The maximum absolute atomic E-state index is 3.97. The SMILES string of the molecule is CC.CCC1C=CN=CC1. The van der Waals surface area contributed by atoms with Crippen LogP contribution >= 0.6 is 0 Å². The molecule has 1 heterocycles. The summed E-state index contributed by atoms with van der Waals surface area (Å²) in [5.41, 5.74) is 0. The van der Waals surface area contributed by atoms with Gasteiger partial charge >= 0.3 is 0 Å². The summed E-state index contributed by atoms with van der Waals surface area (Å²) in [6.45, 7) is 6.20. The fourth-order valence-corrected chi connectivity index (χ4v) is 0.810. The fourth-order valence-electron chi connectivity index (χ4n) is 0.810. The fraction of sp³-hybridized carbons (Fsp3) is 0.667. The molecule has 58 valence electrons. The van der Waals surface area contributed by atoms with Crippen LogP contribution in [0.2, 0.25) is 0 Å². The summed E-state index contributed by atoms with van der Waals surface area (Å²) in [4.78, 5) is 3.97. The van der Waals surface area contributed by atoms with E-state index in [-0.39, 0.29) is 0 Å². The second-order valence-electron chi connectivity index (χ2n) is 2.08. The van der Waals surface area contributed by atoms with Crippen molar-refractivity contribution in [3.05, 3.63) is 12.3 Å². The summed E-state index contributed by atoms with van der Waals surface area (Å²) < 4.78 is 0. The van der Waals surface area contributed by atoms with Crippen LogP contribution in [-0.2, 0) is 0 Å². The molecule has 0 saturated heterocycles. The summed E-state index contributed by atoms with van der Waals surface area (Å²) in [7, 11) is 0. The molecule has 0 amide bonds. The molecular weight excluding hydrogens is 122 g/mol. The first-order valence-corrected chi connectivity index (χ1v) is 4.11. The van der Waals surface area contributed by atoms with Crippen molar-refractivity contribution in [3.8, 4) is 0 Å². The quantitative estimate of drug-likeness (QED) is 0.529. The molecule has 1 atom stereocenters. The first-order valence-electron chi connectivity index (χ1n) is 4.11. The van der Waals surface area contributed by atoms with Gasteiger partial charge in [0.15, 0.2) is 0 Å². The van der Waals surface area contributed by atoms with Gasteiger partial charge in [0.25, 0.3) is 0 Å². The van der Waals surface area contributed by atoms with Crippen LogP contribution in [0.5, 0.6) is 0 Å². The van der Waals surface area contributed by atoms with E-state index in [1.807, 2.05) is 26.3 Å². The van der Waals surface area contributed by atoms with Crippen molar-refractivity contribution in [3.63, 3.8) is 0 Å². The molecule has 0 aromatic carbocycles. The predicted octanol–water partition coefficient (Wildman–Crippen LogP) is 3.03. The first-order chi connectivity index (χ1) is 4.93. The Bertz CT molecular complexity index is 114. The number of hydrogen-bond donors (Lipinski definition) is 0. The van der Waals surface area contributed by atoms with Gasteiger partial charge < -0.3 is 0 Å². The molecule has 0 radical (unpaired) electrons. The highest BCUT2D eigenvalue weighted by molar-refractivity contribution is 5.60. The van der Waals surface area contributed by atoms with E-state index in [4.69, 9.17) is 0 Å². The van der Waals surface area contributed by atoms with Gasteiger partial charge in [-0.3, -0.25) is 4.99 Å². The van der Waals surface area contributed by atoms with Gasteiger partial charge in [-0.15, -0.1) is 0 Å². The normalized spacial score (nSPS) is 21.7. The maximum atomic E-state index is 3.97. The van der Waals surface area contributed by atoms with Crippen LogP contribution in [0.4, 0.5) is 0 Å². The van der Waals surface area contributed by atoms with Crippen LogP contribution in [0.3, 0.4) is 0 Å². The van der Waals surface area contributed by atoms with Crippen LogP contribution in [0.25, 0.3) is 0 Å². The van der Waals surface area contributed by atoms with Gasteiger partial charge in [0.1, 0.15) is 0 Å². The van der Waals surface area contributed by atoms with Gasteiger partial charge in [-0.05, 0) is 18.8 Å². The second kappa shape index (κ2) is 6.53. The van der Waals surface area contributed by atoms with Gasteiger partial charge in [-0.25, -0.2) is 0 Å². The van der Waals surface area contributed by atoms with Crippen molar-refractivity contribution in [2.24, 2.45) is 10.9 Å². The van der Waals surface area contributed by atoms with Gasteiger partial charge in [0.05, 0.1) is 0 Å². The molecule has 1 aliphatic heterocycles. The summed E-state index contributed by atoms with van der Waals surface area (Å²) in [5.74, 6) is 0.757. The monoisotopic (exact) mass is 139 g/mol. The molecular formula is C9H17N. The Morgan fingerprint density at radius 3 is 2.50 bits per heavy atom. The highest BCUT2D eigenvalue weighted by Crippen LogP contribution is 2.10. The molecule has 0 aromatic heterocycles. The van der Waals surface area contributed by atoms with E-state index < -0.39 is 0 Å². The Hall–Kier alpha value is -0.590. The number of allylic oxidation sites excluding steroid dienone is 1. The third-order valence-corrected chi connectivity index (χ3v) is 1.48. The van der Waals surface area contributed by atoms with Gasteiger partial charge in [-0.2, -0.15) is 0 Å². The third kappa shape index (κ3) is 3.44. The molecule has 0 bridgehead atoms. The van der Waals surface area contributed by atoms with Crippen LogP contribution in [0.1, 0.15) is 33.6 Å². The molecule has 1 heteroatoms. The zero-order valence-corrected chi connectivity index (χ0v) is 7.17. The van der Waals surface area contributed by atoms with E-state index in [0.29, 0.717) is 0 Å². The molecule has 1 nitrogen and oxygen atoms in total. The molecule has 1 rings (SSSR count). The van der Waals surface area contributed by atoms with E-state index in [2.05, 4.69) is 18.0 Å². The van der Waals surface area contributed by atoms with Crippen molar-refractivity contribution in [2.75, 3.05) is 0 Å². The lowest BCUT2D eigenvalue weighted by Crippen LogP contribution is -1.97. The molecule has 0 saturated carbocycles. The molecule has 0 fully saturated rings. The van der Waals surface area contributed by atoms with E-state index in [1.165, 1.54) is 6.42 Å². The molecule has 0 spiro atoms. The van der Waals surface area contributed by atoms with E-state index in [0.717, 1.165) is 12.3 Å². The van der Waals surface area contributed by atoms with Crippen LogP contribution in [-0.4, -0.2) is 6.21 Å². The van der Waals surface area contributed by atoms with Gasteiger partial charge in [0, 0.05) is 12.4 Å². The van der Waals surface area contributed by atoms with Crippen molar-refractivity contribution in [1.82, 2.24) is 0 Å². The minimum Gasteiger partial charge on any atom is -0.269 e. The summed E-state index contributed by atoms with van der Waals surface area (Å²) in [5, 5.41) is 0. The smallest absolute Gasteiger partial charge is 0.0226 e. The van der Waals surface area contributed by atoms with Crippen molar-refractivity contribution in [1.29, 1.82) is 0 Å². The Morgan fingerprint density at radius 2 is 2.20 bits per heavy atom. The van der Waals surface area contributed by atoms with Crippen LogP contribution in [0, 0.1) is 5.92 Å². The topological polar surface area (TPSA) is 12.4 Å². The molecule has 1 unspecified atom stereocenters. The standard InChI is InChI=1S/C7H11N.C2H6/c1-2-7-3-5-8-6-4-7;1-2/h3,5-7H,2,4H2,1H3;1-2H3. The maximum Gasteiger partial charge on any atom is 0.0226 e. The number of nitrogens with zero attached hydrogens (tertiary/aromatic N) is 1. The average molecular weight is 139 g/mol. The zero-order chi connectivity index (χ0) is 7.82. The second-order valence-corrected chi connectivity index (χ2v) is 2.08. The van der Waals surface area contributed by atoms with Crippen LogP contribution < -0.4 is 0 Å². The summed E-state index contributed by atoms with van der Waals surface area (Å²) >= 11 is 0. The Balaban J connectivity index is 0.000000371. The molecule has 0 aromatic rings. The first kappa shape index (κ1) is 9.41. The van der Waals surface area contributed by atoms with E-state index in [9.17, 15) is 0 Å². The lowest BCUT2D eigenvalue weighted by atomic mass is 10.0. The molecule has 10 heavy (non-hydrogen) atoms.